The molecule has 0 amide bonds. The quantitative estimate of drug-likeness (QED) is 0.113. The van der Waals surface area contributed by atoms with Crippen LogP contribution in [0.3, 0.4) is 0 Å². The van der Waals surface area contributed by atoms with Crippen molar-refractivity contribution in [3.8, 4) is 90.8 Å². The van der Waals surface area contributed by atoms with Crippen LogP contribution >= 0.6 is 0 Å². The zero-order chi connectivity index (χ0) is 76.0. The molecule has 3 aliphatic heterocycles. The number of nitrogens with zero attached hydrogens (tertiary/aromatic N) is 16. The van der Waals surface area contributed by atoms with Crippen molar-refractivity contribution in [3.05, 3.63) is 362 Å². The minimum absolute atomic E-state index is 0. The largest absolute Gasteiger partial charge is 2.00 e. The van der Waals surface area contributed by atoms with Crippen LogP contribution in [0.2, 0.25) is 0 Å². The summed E-state index contributed by atoms with van der Waals surface area (Å²) in [5.41, 5.74) is 19.2. The molecule has 18 aromatic rings. The molecular weight excluding hydrogens is 1840 g/mol. The van der Waals surface area contributed by atoms with Crippen LogP contribution in [-0.2, 0) is 80.9 Å². The van der Waals surface area contributed by atoms with Gasteiger partial charge in [-0.1, -0.05) is 213 Å². The fraction of sp³-hybridized carbons (Fsp3) is 0.128. The summed E-state index contributed by atoms with van der Waals surface area (Å²) in [4.78, 5) is 54.7. The van der Waals surface area contributed by atoms with Crippen LogP contribution in [0.1, 0.15) is 101 Å². The number of anilines is 6. The van der Waals surface area contributed by atoms with Crippen LogP contribution in [0.5, 0.6) is 0 Å². The monoisotopic (exact) mass is 1910 g/mol. The maximum atomic E-state index is 6.02. The molecule has 115 heavy (non-hydrogen) atoms. The molecule has 21 rings (SSSR count). The zero-order valence-electron chi connectivity index (χ0n) is 63.8. The first-order valence-corrected chi connectivity index (χ1v) is 37.3. The minimum Gasteiger partial charge on any atom is -0.659 e. The number of oxazole rings is 2. The average molecular weight is 1910 g/mol. The van der Waals surface area contributed by atoms with E-state index < -0.39 is 21.7 Å². The molecule has 8 aromatic carbocycles. The maximum Gasteiger partial charge on any atom is 2.00 e. The van der Waals surface area contributed by atoms with Gasteiger partial charge in [0.05, 0.1) is 35.3 Å². The van der Waals surface area contributed by atoms with Crippen molar-refractivity contribution >= 4 is 34.8 Å². The molecule has 0 spiro atoms. The van der Waals surface area contributed by atoms with Gasteiger partial charge in [-0.2, -0.15) is 0 Å². The average Bonchev–Trinajstić information content (AvgIpc) is 1.60. The normalized spacial score (nSPS) is 13.9. The maximum absolute atomic E-state index is 6.02. The van der Waals surface area contributed by atoms with Gasteiger partial charge >= 0.3 is 59.2 Å². The number of rotatable bonds is 6. The van der Waals surface area contributed by atoms with Crippen LogP contribution in [0.4, 0.5) is 34.8 Å². The number of hydrogen-bond acceptors (Lipinski definition) is 10. The van der Waals surface area contributed by atoms with Crippen molar-refractivity contribution in [2.75, 3.05) is 9.80 Å². The smallest absolute Gasteiger partial charge is 0.659 e. The van der Waals surface area contributed by atoms with Crippen LogP contribution in [0.15, 0.2) is 313 Å². The van der Waals surface area contributed by atoms with Crippen molar-refractivity contribution in [1.82, 2.24) is 68.1 Å². The Bertz CT molecular complexity index is 5780. The van der Waals surface area contributed by atoms with E-state index in [2.05, 4.69) is 256 Å². The van der Waals surface area contributed by atoms with Gasteiger partial charge < -0.3 is 47.0 Å². The van der Waals surface area contributed by atoms with E-state index in [4.69, 9.17) is 58.7 Å². The number of fused-ring (bicyclic) bond motifs is 30. The van der Waals surface area contributed by atoms with Gasteiger partial charge in [-0.15, -0.1) is 105 Å². The van der Waals surface area contributed by atoms with Crippen molar-refractivity contribution in [1.29, 1.82) is 0 Å². The molecule has 24 bridgehead atoms. The predicted octanol–water partition coefficient (Wildman–Crippen LogP) is 20.4. The first kappa shape index (κ1) is 76.6. The molecule has 10 aromatic heterocycles. The Morgan fingerprint density at radius 2 is 0.513 bits per heavy atom. The van der Waals surface area contributed by atoms with Crippen LogP contribution < -0.4 is 29.7 Å². The molecule has 0 saturated heterocycles. The first-order chi connectivity index (χ1) is 54.5. The Balaban J connectivity index is 0.000000128. The summed E-state index contributed by atoms with van der Waals surface area (Å²) >= 11 is 0. The minimum atomic E-state index is -0.462. The first-order valence-electron chi connectivity index (χ1n) is 37.3. The SMILES string of the molecule is CC1(C)c2ccc([n-]2)-c2cn(-c3ccccc3)c(n2)C(C)(C)c2ccc([n-]2)-c2cn(-c3ccccc3)c1n2.CC1(C)c2ccc([n-]2)-c2cn(-c3ccccc3)c(n2)C(C)(C)c2ccc([n-]2)-c2cn(-c3ccccc3)c1n2.[Cu+2].[Pt+2].[Pt+2].[c-]1c2cccc1N(c1ccccc1)c1nc(co1)-c1[c-]c(ccc1)N(c1ccccc1)c1nc-2co1. The van der Waals surface area contributed by atoms with Crippen LogP contribution in [0.25, 0.3) is 90.8 Å². The summed E-state index contributed by atoms with van der Waals surface area (Å²) in [6.07, 6.45) is 11.7. The number of hydrogen-bond donors (Lipinski definition) is 0. The topological polar surface area (TPSA) is 186 Å². The third kappa shape index (κ3) is 13.9. The fourth-order valence-corrected chi connectivity index (χ4v) is 15.1. The van der Waals surface area contributed by atoms with Crippen molar-refractivity contribution in [2.45, 2.75) is 77.0 Å². The molecule has 18 nitrogen and oxygen atoms in total. The van der Waals surface area contributed by atoms with E-state index in [1.807, 2.05) is 131 Å². The summed E-state index contributed by atoms with van der Waals surface area (Å²) in [5, 5.41) is 0. The molecule has 573 valence electrons. The van der Waals surface area contributed by atoms with Gasteiger partial charge in [0.1, 0.15) is 23.3 Å². The van der Waals surface area contributed by atoms with E-state index >= 15 is 0 Å². The van der Waals surface area contributed by atoms with E-state index in [0.29, 0.717) is 23.4 Å². The number of para-hydroxylation sites is 6. The van der Waals surface area contributed by atoms with Crippen LogP contribution in [0, 0.1) is 12.1 Å². The second-order valence-corrected chi connectivity index (χ2v) is 30.3. The van der Waals surface area contributed by atoms with E-state index in [0.717, 1.165) is 148 Å². The molecule has 0 fully saturated rings. The molecule has 0 atom stereocenters. The molecular formula is C94H74CuN16O2Pt2. The molecule has 1 radical (unpaired) electrons. The molecule has 0 aliphatic carbocycles. The summed E-state index contributed by atoms with van der Waals surface area (Å²) in [7, 11) is 0. The zero-order valence-corrected chi connectivity index (χ0v) is 69.3. The summed E-state index contributed by atoms with van der Waals surface area (Å²) < 4.78 is 20.7. The van der Waals surface area contributed by atoms with Gasteiger partial charge in [0.25, 0.3) is 12.0 Å². The number of aromatic nitrogens is 14. The number of benzene rings is 8. The van der Waals surface area contributed by atoms with Gasteiger partial charge in [-0.05, 0) is 84.2 Å². The Morgan fingerprint density at radius 1 is 0.270 bits per heavy atom. The third-order valence-corrected chi connectivity index (χ3v) is 21.4. The molecule has 0 saturated carbocycles. The third-order valence-electron chi connectivity index (χ3n) is 21.4. The second kappa shape index (κ2) is 30.5. The van der Waals surface area contributed by atoms with Gasteiger partial charge in [0.15, 0.2) is 0 Å². The van der Waals surface area contributed by atoms with E-state index in [1.165, 1.54) is 0 Å². The summed E-state index contributed by atoms with van der Waals surface area (Å²) in [6.45, 7) is 17.4. The number of imidazole rings is 4. The predicted molar refractivity (Wildman–Crippen MR) is 436 cm³/mol. The van der Waals surface area contributed by atoms with Crippen molar-refractivity contribution < 1.29 is 68.0 Å². The standard InChI is InChI=1S/2C32H28N6.C30H18N4O2.Cu.2Pt/c2*1-31(2)27-17-15-23(33-27)26-20-38(22-13-9-6-10-14-22)30(36-26)32(3,4)28-18-16-24(34-28)25-19-37(29(31)35-25)21-11-7-5-8-12-21;1-3-11-23(12-4-1)33-25-15-7-9-21(17-25)28-20-36-30(32-28)34(24-13-5-2-6-14-24)26-16-8-10-22(18-26)27-19-35-29(33)31-27;;;/h2*5-20H,1-4H3;1-16,19-20H;;;/q3*-2;3*+2. The summed E-state index contributed by atoms with van der Waals surface area (Å²) in [5.74, 6) is 3.67. The van der Waals surface area contributed by atoms with E-state index in [1.54, 1.807) is 12.5 Å². The van der Waals surface area contributed by atoms with Gasteiger partial charge in [-0.3, -0.25) is 9.80 Å². The van der Waals surface area contributed by atoms with E-state index in [9.17, 15) is 0 Å². The molecule has 13 heterocycles. The molecule has 21 heteroatoms. The molecule has 0 N–H and O–H groups in total. The van der Waals surface area contributed by atoms with Gasteiger partial charge in [0.2, 0.25) is 0 Å². The van der Waals surface area contributed by atoms with Crippen LogP contribution in [-0.4, -0.2) is 48.2 Å². The Hall–Kier alpha value is -12.4. The van der Waals surface area contributed by atoms with Gasteiger partial charge in [-0.25, -0.2) is 29.9 Å². The van der Waals surface area contributed by atoms with Crippen molar-refractivity contribution in [2.24, 2.45) is 0 Å². The Kier molecular flexibility index (Phi) is 20.3. The van der Waals surface area contributed by atoms with E-state index in [-0.39, 0.29) is 59.2 Å². The summed E-state index contributed by atoms with van der Waals surface area (Å²) in [6, 6.07) is 97.5. The Morgan fingerprint density at radius 3 is 0.765 bits per heavy atom. The molecule has 0 unspecified atom stereocenters. The molecule has 3 aliphatic rings. The van der Waals surface area contributed by atoms with Gasteiger partial charge in [0, 0.05) is 92.0 Å². The second-order valence-electron chi connectivity index (χ2n) is 30.3. The van der Waals surface area contributed by atoms with Crippen molar-refractivity contribution in [3.63, 3.8) is 0 Å². The Labute approximate surface area is 705 Å². The fourth-order valence-electron chi connectivity index (χ4n) is 15.1.